The van der Waals surface area contributed by atoms with Crippen molar-refractivity contribution in [1.29, 1.82) is 5.26 Å². The molecule has 34 heavy (non-hydrogen) atoms. The van der Waals surface area contributed by atoms with Gasteiger partial charge in [-0.05, 0) is 61.7 Å². The predicted molar refractivity (Wildman–Crippen MR) is 131 cm³/mol. The van der Waals surface area contributed by atoms with E-state index in [0.29, 0.717) is 47.2 Å². The minimum absolute atomic E-state index is 0.163. The Morgan fingerprint density at radius 1 is 1.21 bits per heavy atom. The van der Waals surface area contributed by atoms with Gasteiger partial charge in [0.15, 0.2) is 0 Å². The molecule has 1 amide bonds. The van der Waals surface area contributed by atoms with Crippen LogP contribution in [0.3, 0.4) is 0 Å². The van der Waals surface area contributed by atoms with E-state index in [4.69, 9.17) is 10.00 Å². The van der Waals surface area contributed by atoms with Crippen LogP contribution in [0, 0.1) is 24.2 Å². The van der Waals surface area contributed by atoms with Crippen molar-refractivity contribution in [3.63, 3.8) is 0 Å². The zero-order valence-corrected chi connectivity index (χ0v) is 20.4. The minimum atomic E-state index is -3.59. The maximum absolute atomic E-state index is 13.0. The molecule has 1 N–H and O–H groups in total. The normalized spacial score (nSPS) is 16.5. The maximum atomic E-state index is 13.0. The van der Waals surface area contributed by atoms with E-state index >= 15 is 0 Å². The van der Waals surface area contributed by atoms with Crippen molar-refractivity contribution < 1.29 is 17.9 Å². The van der Waals surface area contributed by atoms with E-state index < -0.39 is 15.9 Å². The molecular formula is C25H25N3O4S2. The Morgan fingerprint density at radius 3 is 2.79 bits per heavy atom. The SMILES string of the molecule is Cc1ccc(S(=O)(=O)N2CCCC(C(=O)Nc3cccc(OCc4cccc(C#N)c4)c3)C2)s1. The highest BCUT2D eigenvalue weighted by Gasteiger charge is 2.34. The van der Waals surface area contributed by atoms with E-state index in [1.54, 1.807) is 54.6 Å². The summed E-state index contributed by atoms with van der Waals surface area (Å²) in [7, 11) is -3.59. The first-order valence-corrected chi connectivity index (χ1v) is 13.2. The second-order valence-corrected chi connectivity index (χ2v) is 11.6. The van der Waals surface area contributed by atoms with Gasteiger partial charge in [-0.25, -0.2) is 8.42 Å². The van der Waals surface area contributed by atoms with Crippen molar-refractivity contribution in [2.45, 2.75) is 30.6 Å². The Kier molecular flexibility index (Phi) is 7.32. The highest BCUT2D eigenvalue weighted by molar-refractivity contribution is 7.91. The van der Waals surface area contributed by atoms with Crippen molar-refractivity contribution in [2.75, 3.05) is 18.4 Å². The summed E-state index contributed by atoms with van der Waals surface area (Å²) in [6.45, 7) is 2.75. The molecule has 4 rings (SSSR count). The number of nitrogens with one attached hydrogen (secondary N) is 1. The molecule has 1 unspecified atom stereocenters. The van der Waals surface area contributed by atoms with Crippen LogP contribution in [0.25, 0.3) is 0 Å². The number of hydrogen-bond acceptors (Lipinski definition) is 6. The number of nitriles is 1. The summed E-state index contributed by atoms with van der Waals surface area (Å²) >= 11 is 1.25. The molecule has 1 aliphatic heterocycles. The number of amides is 1. The van der Waals surface area contributed by atoms with Crippen LogP contribution >= 0.6 is 11.3 Å². The zero-order valence-electron chi connectivity index (χ0n) is 18.7. The van der Waals surface area contributed by atoms with Gasteiger partial charge in [-0.15, -0.1) is 11.3 Å². The fourth-order valence-corrected chi connectivity index (χ4v) is 6.82. The van der Waals surface area contributed by atoms with E-state index in [9.17, 15) is 13.2 Å². The van der Waals surface area contributed by atoms with Crippen molar-refractivity contribution in [1.82, 2.24) is 4.31 Å². The molecule has 0 bridgehead atoms. The topological polar surface area (TPSA) is 99.5 Å². The van der Waals surface area contributed by atoms with Crippen LogP contribution in [0.2, 0.25) is 0 Å². The third-order valence-corrected chi connectivity index (χ3v) is 8.96. The van der Waals surface area contributed by atoms with E-state index in [0.717, 1.165) is 10.4 Å². The summed E-state index contributed by atoms with van der Waals surface area (Å²) in [6, 6.07) is 19.8. The van der Waals surface area contributed by atoms with Crippen LogP contribution in [-0.4, -0.2) is 31.7 Å². The molecule has 3 aromatic rings. The number of aryl methyl sites for hydroxylation is 1. The predicted octanol–water partition coefficient (Wildman–Crippen LogP) is 4.55. The molecule has 0 saturated carbocycles. The lowest BCUT2D eigenvalue weighted by atomic mass is 9.98. The van der Waals surface area contributed by atoms with Gasteiger partial charge < -0.3 is 10.1 Å². The zero-order chi connectivity index (χ0) is 24.1. The molecule has 0 aliphatic carbocycles. The van der Waals surface area contributed by atoms with Crippen molar-refractivity contribution in [2.24, 2.45) is 5.92 Å². The average Bonchev–Trinajstić information content (AvgIpc) is 3.30. The van der Waals surface area contributed by atoms with Crippen LogP contribution in [0.1, 0.15) is 28.8 Å². The summed E-state index contributed by atoms with van der Waals surface area (Å²) in [5.74, 6) is -0.0508. The Balaban J connectivity index is 1.38. The second-order valence-electron chi connectivity index (χ2n) is 8.19. The molecule has 0 spiro atoms. The van der Waals surface area contributed by atoms with E-state index in [-0.39, 0.29) is 12.5 Å². The standard InChI is InChI=1S/C25H25N3O4S2/c1-18-10-11-24(33-18)34(30,31)28-12-4-7-21(16-28)25(29)27-22-8-3-9-23(14-22)32-17-20-6-2-5-19(13-20)15-26/h2-3,5-6,8-11,13-14,21H,4,7,12,16-17H2,1H3,(H,27,29). The highest BCUT2D eigenvalue weighted by Crippen LogP contribution is 2.29. The van der Waals surface area contributed by atoms with Crippen molar-refractivity contribution >= 4 is 33.0 Å². The number of piperidine rings is 1. The number of thiophene rings is 1. The van der Waals surface area contributed by atoms with Crippen LogP contribution in [-0.2, 0) is 21.4 Å². The molecule has 1 atom stereocenters. The summed E-state index contributed by atoms with van der Waals surface area (Å²) < 4.78 is 33.5. The van der Waals surface area contributed by atoms with Gasteiger partial charge in [0.05, 0.1) is 17.6 Å². The third-order valence-electron chi connectivity index (χ3n) is 5.63. The molecule has 0 radical (unpaired) electrons. The molecule has 2 aromatic carbocycles. The monoisotopic (exact) mass is 495 g/mol. The summed E-state index contributed by atoms with van der Waals surface area (Å²) in [5.41, 5.74) is 2.03. The molecule has 7 nitrogen and oxygen atoms in total. The number of benzene rings is 2. The highest BCUT2D eigenvalue weighted by atomic mass is 32.2. The number of anilines is 1. The van der Waals surface area contributed by atoms with E-state index in [2.05, 4.69) is 11.4 Å². The van der Waals surface area contributed by atoms with Gasteiger partial charge in [0.1, 0.15) is 16.6 Å². The largest absolute Gasteiger partial charge is 0.489 e. The van der Waals surface area contributed by atoms with Crippen LogP contribution in [0.4, 0.5) is 5.69 Å². The number of rotatable bonds is 7. The summed E-state index contributed by atoms with van der Waals surface area (Å²) in [4.78, 5) is 13.9. The number of carbonyl (C=O) groups excluding carboxylic acids is 1. The van der Waals surface area contributed by atoms with Crippen LogP contribution in [0.15, 0.2) is 64.9 Å². The van der Waals surface area contributed by atoms with Gasteiger partial charge in [-0.2, -0.15) is 9.57 Å². The van der Waals surface area contributed by atoms with Gasteiger partial charge in [-0.3, -0.25) is 4.79 Å². The molecular weight excluding hydrogens is 470 g/mol. The first-order chi connectivity index (χ1) is 16.3. The molecule has 1 aromatic heterocycles. The first kappa shape index (κ1) is 24.0. The van der Waals surface area contributed by atoms with Gasteiger partial charge in [0.25, 0.3) is 10.0 Å². The van der Waals surface area contributed by atoms with Gasteiger partial charge in [-0.1, -0.05) is 18.2 Å². The Morgan fingerprint density at radius 2 is 2.03 bits per heavy atom. The minimum Gasteiger partial charge on any atom is -0.489 e. The average molecular weight is 496 g/mol. The number of nitrogens with zero attached hydrogens (tertiary/aromatic N) is 2. The van der Waals surface area contributed by atoms with Crippen molar-refractivity contribution in [3.8, 4) is 11.8 Å². The quantitative estimate of drug-likeness (QED) is 0.519. The molecule has 2 heterocycles. The van der Waals surface area contributed by atoms with E-state index in [1.165, 1.54) is 15.6 Å². The van der Waals surface area contributed by atoms with Gasteiger partial charge >= 0.3 is 0 Å². The smallest absolute Gasteiger partial charge is 0.252 e. The Bertz CT molecular complexity index is 1330. The van der Waals surface area contributed by atoms with Crippen LogP contribution in [0.5, 0.6) is 5.75 Å². The molecule has 9 heteroatoms. The lowest BCUT2D eigenvalue weighted by Crippen LogP contribution is -2.43. The first-order valence-electron chi connectivity index (χ1n) is 10.9. The fraction of sp³-hybridized carbons (Fsp3) is 0.280. The molecule has 1 fully saturated rings. The van der Waals surface area contributed by atoms with Crippen LogP contribution < -0.4 is 10.1 Å². The third kappa shape index (κ3) is 5.65. The lowest BCUT2D eigenvalue weighted by molar-refractivity contribution is -0.120. The molecule has 1 aliphatic rings. The summed E-state index contributed by atoms with van der Waals surface area (Å²) in [6.07, 6.45) is 1.26. The van der Waals surface area contributed by atoms with Gasteiger partial charge in [0.2, 0.25) is 5.91 Å². The Hall–Kier alpha value is -3.19. The number of carbonyl (C=O) groups is 1. The van der Waals surface area contributed by atoms with Gasteiger partial charge in [0, 0.05) is 29.7 Å². The number of sulfonamides is 1. The Labute approximate surface area is 203 Å². The number of ether oxygens (including phenoxy) is 1. The number of hydrogen-bond donors (Lipinski definition) is 1. The van der Waals surface area contributed by atoms with Crippen molar-refractivity contribution in [3.05, 3.63) is 76.7 Å². The summed E-state index contributed by atoms with van der Waals surface area (Å²) in [5, 5.41) is 11.9. The molecule has 176 valence electrons. The van der Waals surface area contributed by atoms with E-state index in [1.807, 2.05) is 13.0 Å². The fourth-order valence-electron chi connectivity index (χ4n) is 3.86. The molecule has 1 saturated heterocycles. The lowest BCUT2D eigenvalue weighted by Gasteiger charge is -2.30. The second kappa shape index (κ2) is 10.4. The maximum Gasteiger partial charge on any atom is 0.252 e.